The average molecular weight is 823 g/mol. The second-order valence-electron chi connectivity index (χ2n) is 14.2. The number of carboxylic acids is 4. The third-order valence-electron chi connectivity index (χ3n) is 10.3. The van der Waals surface area contributed by atoms with Gasteiger partial charge in [-0.3, -0.25) is 14.6 Å². The normalized spacial score (nSPS) is 18.2. The van der Waals surface area contributed by atoms with Crippen molar-refractivity contribution < 1.29 is 63.4 Å². The quantitative estimate of drug-likeness (QED) is 0.0843. The molecule has 1 aliphatic carbocycles. The highest BCUT2D eigenvalue weighted by molar-refractivity contribution is 7.22. The van der Waals surface area contributed by atoms with Crippen LogP contribution in [0.1, 0.15) is 73.7 Å². The Morgan fingerprint density at radius 1 is 0.707 bits per heavy atom. The first-order chi connectivity index (χ1) is 27.8. The Kier molecular flexibility index (Phi) is 15.6. The second-order valence-corrected chi connectivity index (χ2v) is 15.3. The minimum absolute atomic E-state index is 0.156. The van der Waals surface area contributed by atoms with Crippen LogP contribution in [0.3, 0.4) is 0 Å². The maximum Gasteiger partial charge on any atom is 0.414 e. The molecule has 14 nitrogen and oxygen atoms in total. The fourth-order valence-electron chi connectivity index (χ4n) is 7.42. The number of benzene rings is 3. The van der Waals surface area contributed by atoms with Crippen LogP contribution in [0.15, 0.2) is 60.7 Å². The molecule has 2 saturated heterocycles. The molecule has 310 valence electrons. The number of piperidine rings is 1. The van der Waals surface area contributed by atoms with E-state index in [9.17, 15) is 14.3 Å². The Hall–Kier alpha value is -5.58. The monoisotopic (exact) mass is 822 g/mol. The predicted octanol–water partition coefficient (Wildman–Crippen LogP) is 6.61. The Morgan fingerprint density at radius 3 is 1.88 bits per heavy atom. The number of carboxylic acid groups (broad SMARTS) is 4. The summed E-state index contributed by atoms with van der Waals surface area (Å²) in [4.78, 5) is 56.3. The zero-order valence-electron chi connectivity index (χ0n) is 31.8. The number of phenolic OH excluding ortho intramolecular Hbond substituents is 1. The summed E-state index contributed by atoms with van der Waals surface area (Å²) in [5.41, 5.74) is 1.80. The molecule has 3 aliphatic rings. The average Bonchev–Trinajstić information content (AvgIpc) is 3.87. The highest BCUT2D eigenvalue weighted by Crippen LogP contribution is 2.42. The smallest absolute Gasteiger partial charge is 0.414 e. The molecule has 1 aromatic heterocycles. The molecule has 0 amide bonds. The number of phenols is 1. The molecule has 0 radical (unpaired) electrons. The number of carbonyl (C=O) groups is 5. The fourth-order valence-corrected chi connectivity index (χ4v) is 8.64. The van der Waals surface area contributed by atoms with Gasteiger partial charge in [0, 0.05) is 44.7 Å². The van der Waals surface area contributed by atoms with Crippen molar-refractivity contribution in [3.63, 3.8) is 0 Å². The van der Waals surface area contributed by atoms with E-state index in [0.717, 1.165) is 61.1 Å². The number of aromatic hydroxyl groups is 1. The van der Waals surface area contributed by atoms with Crippen LogP contribution in [0, 0.1) is 5.82 Å². The molecule has 3 heterocycles. The van der Waals surface area contributed by atoms with E-state index in [0.29, 0.717) is 33.9 Å². The maximum atomic E-state index is 14.6. The summed E-state index contributed by atoms with van der Waals surface area (Å²) < 4.78 is 27.9. The van der Waals surface area contributed by atoms with Gasteiger partial charge in [-0.25, -0.2) is 23.6 Å². The van der Waals surface area contributed by atoms with Gasteiger partial charge >= 0.3 is 23.9 Å². The van der Waals surface area contributed by atoms with E-state index in [1.807, 2.05) is 48.5 Å². The summed E-state index contributed by atoms with van der Waals surface area (Å²) >= 11 is 1.38. The molecule has 3 fully saturated rings. The van der Waals surface area contributed by atoms with Gasteiger partial charge in [0.2, 0.25) is 0 Å². The molecular formula is C42H47FN2O12S. The SMILES string of the molecule is O=C(O)C(=O)O.O=C(O)C(=O)O.O=C(c1ccc(O[C@@H]2CCCC[C@H]2N2CCCCC2)cc1)c1c(-c2ccc(OCCN3CCCC3)cc2)sc2cc(O)c(F)cc12. The minimum atomic E-state index is -1.82. The Bertz CT molecular complexity index is 2010. The molecule has 2 atom stereocenters. The third kappa shape index (κ3) is 11.7. The number of ether oxygens (including phenoxy) is 2. The standard InChI is InChI=1S/C38H43FN2O4S.2C2H2O4/c39-31-24-30-35(25-33(31)42)46-38(27-12-14-28(15-13-27)44-23-22-40-18-6-7-19-40)36(30)37(43)26-10-16-29(17-11-26)45-34-9-3-2-8-32(34)41-20-4-1-5-21-41;2*3-1(4)2(5)6/h10-17,24-25,32,34,42H,1-9,18-23H2;2*(H,3,4)(H,5,6)/t32-,34-;;/m1../s1. The maximum absolute atomic E-state index is 14.6. The Morgan fingerprint density at radius 2 is 1.28 bits per heavy atom. The van der Waals surface area contributed by atoms with Crippen molar-refractivity contribution in [2.24, 2.45) is 0 Å². The zero-order valence-corrected chi connectivity index (χ0v) is 32.6. The van der Waals surface area contributed by atoms with Crippen LogP contribution >= 0.6 is 11.3 Å². The Labute approximate surface area is 338 Å². The highest BCUT2D eigenvalue weighted by Gasteiger charge is 2.32. The summed E-state index contributed by atoms with van der Waals surface area (Å²) in [6.45, 7) is 6.12. The van der Waals surface area contributed by atoms with Crippen molar-refractivity contribution in [3.05, 3.63) is 77.6 Å². The molecule has 16 heteroatoms. The van der Waals surface area contributed by atoms with E-state index in [-0.39, 0.29) is 11.9 Å². The summed E-state index contributed by atoms with van der Waals surface area (Å²) in [5, 5.41) is 40.2. The van der Waals surface area contributed by atoms with Crippen LogP contribution in [-0.4, -0.2) is 116 Å². The van der Waals surface area contributed by atoms with Gasteiger partial charge < -0.3 is 35.0 Å². The van der Waals surface area contributed by atoms with Crippen LogP contribution < -0.4 is 9.47 Å². The lowest BCUT2D eigenvalue weighted by Gasteiger charge is -2.41. The molecule has 7 rings (SSSR count). The molecule has 58 heavy (non-hydrogen) atoms. The summed E-state index contributed by atoms with van der Waals surface area (Å²) in [5.74, 6) is -7.10. The van der Waals surface area contributed by atoms with Gasteiger partial charge in [-0.05, 0) is 131 Å². The van der Waals surface area contributed by atoms with Crippen molar-refractivity contribution >= 4 is 51.1 Å². The molecular weight excluding hydrogens is 776 g/mol. The van der Waals surface area contributed by atoms with E-state index < -0.39 is 35.4 Å². The number of carbonyl (C=O) groups excluding carboxylic acids is 1. The van der Waals surface area contributed by atoms with E-state index in [1.165, 1.54) is 74.8 Å². The summed E-state index contributed by atoms with van der Waals surface area (Å²) in [7, 11) is 0. The Balaban J connectivity index is 0.000000468. The van der Waals surface area contributed by atoms with Gasteiger partial charge in [-0.1, -0.05) is 12.8 Å². The largest absolute Gasteiger partial charge is 0.505 e. The number of rotatable bonds is 10. The lowest BCUT2D eigenvalue weighted by molar-refractivity contribution is -0.159. The molecule has 3 aromatic carbocycles. The van der Waals surface area contributed by atoms with Gasteiger partial charge in [-0.15, -0.1) is 11.3 Å². The van der Waals surface area contributed by atoms with Gasteiger partial charge in [0.05, 0.1) is 0 Å². The van der Waals surface area contributed by atoms with Crippen molar-refractivity contribution in [1.82, 2.24) is 9.80 Å². The number of hydrogen-bond acceptors (Lipinski definition) is 11. The lowest BCUT2D eigenvalue weighted by atomic mass is 9.90. The number of hydrogen-bond donors (Lipinski definition) is 5. The van der Waals surface area contributed by atoms with Gasteiger partial charge in [0.15, 0.2) is 17.3 Å². The number of likely N-dealkylation sites (tertiary alicyclic amines) is 2. The van der Waals surface area contributed by atoms with Crippen molar-refractivity contribution in [3.8, 4) is 27.7 Å². The van der Waals surface area contributed by atoms with Crippen LogP contribution in [0.4, 0.5) is 4.39 Å². The van der Waals surface area contributed by atoms with E-state index in [4.69, 9.17) is 49.1 Å². The number of thiophene rings is 1. The van der Waals surface area contributed by atoms with E-state index >= 15 is 0 Å². The first-order valence-electron chi connectivity index (χ1n) is 19.2. The van der Waals surface area contributed by atoms with E-state index in [2.05, 4.69) is 9.80 Å². The number of aliphatic carboxylic acids is 4. The fraction of sp³-hybridized carbons (Fsp3) is 0.405. The van der Waals surface area contributed by atoms with Gasteiger partial charge in [0.1, 0.15) is 24.2 Å². The number of ketones is 1. The number of fused-ring (bicyclic) bond motifs is 1. The first kappa shape index (κ1) is 43.5. The second kappa shape index (κ2) is 20.7. The first-order valence-corrected chi connectivity index (χ1v) is 20.0. The van der Waals surface area contributed by atoms with Crippen molar-refractivity contribution in [2.75, 3.05) is 39.3 Å². The van der Waals surface area contributed by atoms with Crippen LogP contribution in [0.25, 0.3) is 20.5 Å². The van der Waals surface area contributed by atoms with Crippen LogP contribution in [0.2, 0.25) is 0 Å². The molecule has 5 N–H and O–H groups in total. The molecule has 4 aromatic rings. The molecule has 0 bridgehead atoms. The van der Waals surface area contributed by atoms with Crippen molar-refractivity contribution in [2.45, 2.75) is 69.9 Å². The number of nitrogens with zero attached hydrogens (tertiary/aromatic N) is 2. The minimum Gasteiger partial charge on any atom is -0.505 e. The zero-order chi connectivity index (χ0) is 41.8. The van der Waals surface area contributed by atoms with Crippen molar-refractivity contribution in [1.29, 1.82) is 0 Å². The molecule has 0 unspecified atom stereocenters. The summed E-state index contributed by atoms with van der Waals surface area (Å²) in [6, 6.07) is 18.3. The topological polar surface area (TPSA) is 211 Å². The molecule has 0 spiro atoms. The number of halogens is 1. The summed E-state index contributed by atoms with van der Waals surface area (Å²) in [6.07, 6.45) is 11.2. The molecule has 2 aliphatic heterocycles. The van der Waals surface area contributed by atoms with E-state index in [1.54, 1.807) is 0 Å². The lowest BCUT2D eigenvalue weighted by Crippen LogP contribution is -2.49. The highest BCUT2D eigenvalue weighted by atomic mass is 32.1. The third-order valence-corrected chi connectivity index (χ3v) is 11.5. The van der Waals surface area contributed by atoms with Gasteiger partial charge in [0.25, 0.3) is 0 Å². The van der Waals surface area contributed by atoms with Crippen LogP contribution in [-0.2, 0) is 19.2 Å². The molecule has 1 saturated carbocycles. The predicted molar refractivity (Wildman–Crippen MR) is 213 cm³/mol. The van der Waals surface area contributed by atoms with Gasteiger partial charge in [-0.2, -0.15) is 0 Å². The van der Waals surface area contributed by atoms with Crippen LogP contribution in [0.5, 0.6) is 17.2 Å².